The van der Waals surface area contributed by atoms with Crippen LogP contribution in [0, 0.1) is 0 Å². The van der Waals surface area contributed by atoms with E-state index >= 15 is 0 Å². The van der Waals surface area contributed by atoms with Crippen molar-refractivity contribution < 1.29 is 25.2 Å². The molecule has 1 aliphatic rings. The van der Waals surface area contributed by atoms with Gasteiger partial charge in [0.1, 0.15) is 17.5 Å². The summed E-state index contributed by atoms with van der Waals surface area (Å²) in [5.41, 5.74) is 2.20. The minimum atomic E-state index is -0.890. The Bertz CT molecular complexity index is 949. The van der Waals surface area contributed by atoms with Crippen molar-refractivity contribution in [1.29, 1.82) is 0 Å². The Labute approximate surface area is 194 Å². The van der Waals surface area contributed by atoms with Crippen LogP contribution in [0.1, 0.15) is 55.3 Å². The summed E-state index contributed by atoms with van der Waals surface area (Å²) in [6, 6.07) is 10.9. The molecular weight excluding hydrogens is 422 g/mol. The Morgan fingerprint density at radius 3 is 2.76 bits per heavy atom. The maximum Gasteiger partial charge on any atom is 0.227 e. The summed E-state index contributed by atoms with van der Waals surface area (Å²) in [6.45, 7) is 5.04. The van der Waals surface area contributed by atoms with Crippen molar-refractivity contribution in [2.24, 2.45) is 0 Å². The molecule has 0 radical (unpaired) electrons. The number of pyridine rings is 1. The minimum absolute atomic E-state index is 0.0371. The lowest BCUT2D eigenvalue weighted by molar-refractivity contribution is -0.133. The molecule has 1 fully saturated rings. The minimum Gasteiger partial charge on any atom is -0.506 e. The highest BCUT2D eigenvalue weighted by Gasteiger charge is 2.23. The first-order chi connectivity index (χ1) is 15.7. The van der Waals surface area contributed by atoms with Gasteiger partial charge in [-0.1, -0.05) is 24.3 Å². The zero-order valence-corrected chi connectivity index (χ0v) is 19.4. The number of aliphatic hydroxyl groups excluding tert-OH is 3. The van der Waals surface area contributed by atoms with Crippen LogP contribution in [-0.4, -0.2) is 67.5 Å². The number of likely N-dealkylation sites (tertiary alicyclic amines) is 1. The number of aromatic nitrogens is 1. The maximum absolute atomic E-state index is 12.6. The number of piperidine rings is 1. The summed E-state index contributed by atoms with van der Waals surface area (Å²) in [5.74, 6) is -0.0633. The molecule has 5 N–H and O–H groups in total. The number of nitrogens with zero attached hydrogens (tertiary/aromatic N) is 2. The average Bonchev–Trinajstić information content (AvgIpc) is 2.78. The van der Waals surface area contributed by atoms with Crippen molar-refractivity contribution in [3.8, 4) is 5.75 Å². The molecule has 1 aliphatic heterocycles. The molecule has 1 amide bonds. The molecule has 0 bridgehead atoms. The number of carbonyl (C=O) groups is 1. The van der Waals surface area contributed by atoms with Crippen molar-refractivity contribution in [3.63, 3.8) is 0 Å². The molecule has 2 aromatic rings. The first-order valence-electron chi connectivity index (χ1n) is 11.4. The normalized spacial score (nSPS) is 17.7. The lowest BCUT2D eigenvalue weighted by atomic mass is 9.93. The maximum atomic E-state index is 12.6. The summed E-state index contributed by atoms with van der Waals surface area (Å²) in [5, 5.41) is 42.6. The fourth-order valence-corrected chi connectivity index (χ4v) is 4.18. The molecule has 1 saturated heterocycles. The van der Waals surface area contributed by atoms with E-state index < -0.39 is 18.8 Å². The fraction of sp³-hybridized carbons (Fsp3) is 0.520. The first-order valence-corrected chi connectivity index (χ1v) is 11.4. The Hall–Kier alpha value is -2.52. The standard InChI is InChI=1S/C25H35N3O5/c1-25(2,26-14-23(32)20-8-9-22(31)21(16-29)27-20)13-18-6-3-5-17(11-18)12-24(33)28-10-4-7-19(30)15-28/h3,5-6,8-9,11,19,23,26,29-32H,4,7,10,12-16H2,1-2H3. The number of nitrogens with one attached hydrogen (secondary N) is 1. The number of hydrogen-bond donors (Lipinski definition) is 5. The van der Waals surface area contributed by atoms with Crippen LogP contribution in [-0.2, 0) is 24.2 Å². The topological polar surface area (TPSA) is 126 Å². The average molecular weight is 458 g/mol. The highest BCUT2D eigenvalue weighted by atomic mass is 16.3. The number of β-amino-alcohol motifs (C(OH)–C–C–N with tert-alkyl or cyclic N) is 2. The number of benzene rings is 1. The number of aromatic hydroxyl groups is 1. The molecule has 8 nitrogen and oxygen atoms in total. The highest BCUT2D eigenvalue weighted by Crippen LogP contribution is 2.20. The number of rotatable bonds is 9. The van der Waals surface area contributed by atoms with Crippen LogP contribution >= 0.6 is 0 Å². The molecule has 2 atom stereocenters. The number of amides is 1. The Kier molecular flexibility index (Phi) is 8.42. The molecule has 8 heteroatoms. The molecule has 1 aromatic heterocycles. The van der Waals surface area contributed by atoms with E-state index in [0.29, 0.717) is 31.6 Å². The zero-order valence-electron chi connectivity index (χ0n) is 19.4. The monoisotopic (exact) mass is 457 g/mol. The van der Waals surface area contributed by atoms with Gasteiger partial charge in [0, 0.05) is 25.2 Å². The lowest BCUT2D eigenvalue weighted by Crippen LogP contribution is -2.43. The summed E-state index contributed by atoms with van der Waals surface area (Å²) in [4.78, 5) is 18.5. The second-order valence-corrected chi connectivity index (χ2v) is 9.45. The summed E-state index contributed by atoms with van der Waals surface area (Å²) in [7, 11) is 0. The number of hydrogen-bond acceptors (Lipinski definition) is 7. The van der Waals surface area contributed by atoms with E-state index in [4.69, 9.17) is 0 Å². The second kappa shape index (κ2) is 11.1. The van der Waals surface area contributed by atoms with E-state index in [0.717, 1.165) is 24.0 Å². The quantitative estimate of drug-likeness (QED) is 0.386. The van der Waals surface area contributed by atoms with Gasteiger partial charge in [0.05, 0.1) is 24.8 Å². The largest absolute Gasteiger partial charge is 0.506 e. The Balaban J connectivity index is 1.56. The second-order valence-electron chi connectivity index (χ2n) is 9.45. The van der Waals surface area contributed by atoms with Gasteiger partial charge in [0.2, 0.25) is 5.91 Å². The summed E-state index contributed by atoms with van der Waals surface area (Å²) < 4.78 is 0. The zero-order chi connectivity index (χ0) is 24.0. The molecule has 3 rings (SSSR count). The van der Waals surface area contributed by atoms with Crippen LogP contribution < -0.4 is 5.32 Å². The van der Waals surface area contributed by atoms with Crippen molar-refractivity contribution in [3.05, 3.63) is 58.9 Å². The van der Waals surface area contributed by atoms with Crippen LogP contribution in [0.3, 0.4) is 0 Å². The van der Waals surface area contributed by atoms with Crippen LogP contribution in [0.5, 0.6) is 5.75 Å². The van der Waals surface area contributed by atoms with Gasteiger partial charge in [-0.25, -0.2) is 4.98 Å². The number of aliphatic hydroxyl groups is 3. The van der Waals surface area contributed by atoms with Crippen LogP contribution in [0.2, 0.25) is 0 Å². The SMILES string of the molecule is CC(C)(Cc1cccc(CC(=O)N2CCCC(O)C2)c1)NCC(O)c1ccc(O)c(CO)n1. The Morgan fingerprint density at radius 1 is 1.27 bits per heavy atom. The predicted octanol–water partition coefficient (Wildman–Crippen LogP) is 1.45. The van der Waals surface area contributed by atoms with Gasteiger partial charge < -0.3 is 30.6 Å². The van der Waals surface area contributed by atoms with Crippen LogP contribution in [0.15, 0.2) is 36.4 Å². The third kappa shape index (κ3) is 7.23. The van der Waals surface area contributed by atoms with Crippen molar-refractivity contribution in [2.45, 2.75) is 63.9 Å². The third-order valence-corrected chi connectivity index (χ3v) is 5.98. The molecular formula is C25H35N3O5. The number of carbonyl (C=O) groups excluding carboxylic acids is 1. The highest BCUT2D eigenvalue weighted by molar-refractivity contribution is 5.79. The van der Waals surface area contributed by atoms with Gasteiger partial charge in [-0.2, -0.15) is 0 Å². The lowest BCUT2D eigenvalue weighted by Gasteiger charge is -2.30. The van der Waals surface area contributed by atoms with E-state index in [1.807, 2.05) is 38.1 Å². The van der Waals surface area contributed by atoms with Crippen molar-refractivity contribution in [1.82, 2.24) is 15.2 Å². The van der Waals surface area contributed by atoms with Crippen molar-refractivity contribution in [2.75, 3.05) is 19.6 Å². The smallest absolute Gasteiger partial charge is 0.227 e. The van der Waals surface area contributed by atoms with Gasteiger partial charge >= 0.3 is 0 Å². The van der Waals surface area contributed by atoms with E-state index in [9.17, 15) is 25.2 Å². The van der Waals surface area contributed by atoms with E-state index in [2.05, 4.69) is 10.3 Å². The van der Waals surface area contributed by atoms with E-state index in [-0.39, 0.29) is 29.4 Å². The van der Waals surface area contributed by atoms with Crippen molar-refractivity contribution >= 4 is 5.91 Å². The molecule has 180 valence electrons. The molecule has 1 aromatic carbocycles. The van der Waals surface area contributed by atoms with E-state index in [1.54, 1.807) is 4.90 Å². The molecule has 0 saturated carbocycles. The third-order valence-electron chi connectivity index (χ3n) is 5.98. The molecule has 2 heterocycles. The van der Waals surface area contributed by atoms with Gasteiger partial charge in [0.25, 0.3) is 0 Å². The summed E-state index contributed by atoms with van der Waals surface area (Å²) >= 11 is 0. The molecule has 2 unspecified atom stereocenters. The molecule has 0 aliphatic carbocycles. The van der Waals surface area contributed by atoms with Crippen LogP contribution in [0.25, 0.3) is 0 Å². The van der Waals surface area contributed by atoms with Crippen LogP contribution in [0.4, 0.5) is 0 Å². The van der Waals surface area contributed by atoms with Gasteiger partial charge in [-0.15, -0.1) is 0 Å². The summed E-state index contributed by atoms with van der Waals surface area (Å²) in [6.07, 6.45) is 1.27. The molecule has 0 spiro atoms. The van der Waals surface area contributed by atoms with Gasteiger partial charge in [-0.05, 0) is 56.4 Å². The first kappa shape index (κ1) is 25.1. The predicted molar refractivity (Wildman–Crippen MR) is 125 cm³/mol. The fourth-order valence-electron chi connectivity index (χ4n) is 4.18. The van der Waals surface area contributed by atoms with Gasteiger partial charge in [-0.3, -0.25) is 4.79 Å². The Morgan fingerprint density at radius 2 is 2.03 bits per heavy atom. The molecule has 33 heavy (non-hydrogen) atoms. The van der Waals surface area contributed by atoms with E-state index in [1.165, 1.54) is 12.1 Å². The van der Waals surface area contributed by atoms with Gasteiger partial charge in [0.15, 0.2) is 0 Å².